The van der Waals surface area contributed by atoms with E-state index in [-0.39, 0.29) is 11.9 Å². The van der Waals surface area contributed by atoms with E-state index in [0.29, 0.717) is 27.9 Å². The maximum Gasteiger partial charge on any atom is 0.338 e. The van der Waals surface area contributed by atoms with Crippen molar-refractivity contribution in [1.29, 1.82) is 0 Å². The van der Waals surface area contributed by atoms with Gasteiger partial charge >= 0.3 is 5.97 Å². The van der Waals surface area contributed by atoms with Crippen LogP contribution >= 0.6 is 24.0 Å². The lowest BCUT2D eigenvalue weighted by molar-refractivity contribution is -0.121. The number of amides is 1. The van der Waals surface area contributed by atoms with Crippen molar-refractivity contribution in [3.8, 4) is 5.69 Å². The first-order chi connectivity index (χ1) is 13.9. The maximum atomic E-state index is 12.6. The van der Waals surface area contributed by atoms with Crippen molar-refractivity contribution in [2.24, 2.45) is 0 Å². The molecule has 1 aromatic heterocycles. The van der Waals surface area contributed by atoms with Gasteiger partial charge in [0.25, 0.3) is 5.91 Å². The monoisotopic (exact) mass is 426 g/mol. The molecule has 1 aromatic carbocycles. The quantitative estimate of drug-likeness (QED) is 0.291. The molecule has 0 aliphatic carbocycles. The van der Waals surface area contributed by atoms with Gasteiger partial charge < -0.3 is 9.30 Å². The number of hydrogen-bond donors (Lipinski definition) is 0. The number of ether oxygens (including phenoxy) is 1. The minimum atomic E-state index is -0.331. The van der Waals surface area contributed by atoms with Crippen LogP contribution in [0.5, 0.6) is 0 Å². The van der Waals surface area contributed by atoms with Gasteiger partial charge in [0.2, 0.25) is 0 Å². The minimum absolute atomic E-state index is 0.0940. The van der Waals surface area contributed by atoms with Crippen LogP contribution in [0.1, 0.15) is 34.2 Å². The molecule has 0 saturated carbocycles. The Kier molecular flexibility index (Phi) is 6.39. The average molecular weight is 427 g/mol. The first-order valence-corrected chi connectivity index (χ1v) is 10.4. The van der Waals surface area contributed by atoms with E-state index in [1.165, 1.54) is 11.8 Å². The van der Waals surface area contributed by atoms with Crippen LogP contribution in [0.15, 0.2) is 47.9 Å². The van der Waals surface area contributed by atoms with Crippen LogP contribution in [0.2, 0.25) is 0 Å². The van der Waals surface area contributed by atoms with Gasteiger partial charge in [0.1, 0.15) is 4.32 Å². The van der Waals surface area contributed by atoms with Crippen LogP contribution in [0.3, 0.4) is 0 Å². The van der Waals surface area contributed by atoms with E-state index in [9.17, 15) is 9.59 Å². The summed E-state index contributed by atoms with van der Waals surface area (Å²) in [6, 6.07) is 9.33. The van der Waals surface area contributed by atoms with Crippen LogP contribution in [-0.2, 0) is 9.53 Å². The van der Waals surface area contributed by atoms with E-state index in [1.54, 1.807) is 30.0 Å². The van der Waals surface area contributed by atoms with E-state index in [2.05, 4.69) is 11.1 Å². The molecule has 3 rings (SSSR count). The van der Waals surface area contributed by atoms with Crippen LogP contribution in [-0.4, -0.2) is 38.8 Å². The summed E-state index contributed by atoms with van der Waals surface area (Å²) in [5.74, 6) is -0.425. The molecule has 0 atom stereocenters. The van der Waals surface area contributed by atoms with Crippen molar-refractivity contribution < 1.29 is 14.3 Å². The average Bonchev–Trinajstić information content (AvgIpc) is 3.12. The molecule has 1 fully saturated rings. The molecule has 0 unspecified atom stereocenters. The minimum Gasteiger partial charge on any atom is -0.462 e. The summed E-state index contributed by atoms with van der Waals surface area (Å²) >= 11 is 6.61. The molecule has 1 aliphatic heterocycles. The van der Waals surface area contributed by atoms with Crippen molar-refractivity contribution in [2.45, 2.75) is 20.8 Å². The summed E-state index contributed by atoms with van der Waals surface area (Å²) < 4.78 is 7.67. The predicted octanol–water partition coefficient (Wildman–Crippen LogP) is 4.66. The Balaban J connectivity index is 1.92. The Morgan fingerprint density at radius 2 is 1.97 bits per heavy atom. The molecule has 5 nitrogen and oxygen atoms in total. The standard InChI is InChI=1S/C22H22N2O3S2/c1-5-11-23-20(25)19(29-22(23)28)13-17-12-14(3)24(15(17)4)18-9-7-16(8-10-18)21(26)27-6-2/h5,7-10,12-13H,1,6,11H2,2-4H3/b19-13-. The van der Waals surface area contributed by atoms with E-state index in [0.717, 1.165) is 22.6 Å². The van der Waals surface area contributed by atoms with Gasteiger partial charge in [-0.05, 0) is 62.7 Å². The number of nitrogens with zero attached hydrogens (tertiary/aromatic N) is 2. The summed E-state index contributed by atoms with van der Waals surface area (Å²) in [4.78, 5) is 26.6. The molecule has 29 heavy (non-hydrogen) atoms. The van der Waals surface area contributed by atoms with Gasteiger partial charge in [-0.25, -0.2) is 4.79 Å². The van der Waals surface area contributed by atoms with Crippen LogP contribution in [0.25, 0.3) is 11.8 Å². The number of esters is 1. The summed E-state index contributed by atoms with van der Waals surface area (Å²) in [7, 11) is 0. The van der Waals surface area contributed by atoms with Crippen molar-refractivity contribution in [3.63, 3.8) is 0 Å². The second kappa shape index (κ2) is 8.80. The van der Waals surface area contributed by atoms with Gasteiger partial charge in [0.05, 0.1) is 17.1 Å². The number of aromatic nitrogens is 1. The molecule has 0 N–H and O–H groups in total. The lowest BCUT2D eigenvalue weighted by Crippen LogP contribution is -2.27. The summed E-state index contributed by atoms with van der Waals surface area (Å²) in [5.41, 5.74) is 4.44. The highest BCUT2D eigenvalue weighted by atomic mass is 32.2. The Morgan fingerprint density at radius 1 is 1.28 bits per heavy atom. The number of thiocarbonyl (C=S) groups is 1. The highest BCUT2D eigenvalue weighted by molar-refractivity contribution is 8.26. The van der Waals surface area contributed by atoms with Gasteiger partial charge in [0.15, 0.2) is 0 Å². The van der Waals surface area contributed by atoms with Gasteiger partial charge in [-0.2, -0.15) is 0 Å². The van der Waals surface area contributed by atoms with Gasteiger partial charge in [-0.3, -0.25) is 9.69 Å². The molecule has 2 aromatic rings. The third-order valence-electron chi connectivity index (χ3n) is 4.58. The zero-order chi connectivity index (χ0) is 21.1. The molecular weight excluding hydrogens is 404 g/mol. The Labute approximate surface area is 180 Å². The van der Waals surface area contributed by atoms with Crippen molar-refractivity contribution >= 4 is 46.3 Å². The number of hydrogen-bond acceptors (Lipinski definition) is 5. The first kappa shape index (κ1) is 21.1. The maximum absolute atomic E-state index is 12.6. The molecule has 150 valence electrons. The second-order valence-corrected chi connectivity index (χ2v) is 8.19. The molecule has 1 amide bonds. The fourth-order valence-corrected chi connectivity index (χ4v) is 4.49. The SMILES string of the molecule is C=CCN1C(=O)/C(=C/c2cc(C)n(-c3ccc(C(=O)OCC)cc3)c2C)SC1=S. The zero-order valence-electron chi connectivity index (χ0n) is 16.6. The van der Waals surface area contributed by atoms with Gasteiger partial charge in [-0.1, -0.05) is 30.1 Å². The molecule has 0 radical (unpaired) electrons. The zero-order valence-corrected chi connectivity index (χ0v) is 18.2. The van der Waals surface area contributed by atoms with Crippen LogP contribution in [0.4, 0.5) is 0 Å². The number of rotatable bonds is 6. The molecule has 1 saturated heterocycles. The van der Waals surface area contributed by atoms with Crippen molar-refractivity contribution in [1.82, 2.24) is 9.47 Å². The van der Waals surface area contributed by atoms with Crippen molar-refractivity contribution in [2.75, 3.05) is 13.2 Å². The molecule has 2 heterocycles. The molecular formula is C22H22N2O3S2. The first-order valence-electron chi connectivity index (χ1n) is 9.20. The topological polar surface area (TPSA) is 51.5 Å². The van der Waals surface area contributed by atoms with Crippen LogP contribution in [0, 0.1) is 13.8 Å². The van der Waals surface area contributed by atoms with E-state index >= 15 is 0 Å². The number of carbonyl (C=O) groups excluding carboxylic acids is 2. The van der Waals surface area contributed by atoms with E-state index < -0.39 is 0 Å². The molecule has 0 bridgehead atoms. The molecule has 7 heteroatoms. The Hall–Kier alpha value is -2.64. The predicted molar refractivity (Wildman–Crippen MR) is 121 cm³/mol. The lowest BCUT2D eigenvalue weighted by atomic mass is 10.2. The van der Waals surface area contributed by atoms with Crippen molar-refractivity contribution in [3.05, 3.63) is 70.4 Å². The third-order valence-corrected chi connectivity index (χ3v) is 5.96. The fraction of sp³-hybridized carbons (Fsp3) is 0.227. The van der Waals surface area contributed by atoms with Gasteiger partial charge in [0, 0.05) is 23.6 Å². The molecule has 0 spiro atoms. The highest BCUT2D eigenvalue weighted by Gasteiger charge is 2.31. The molecule has 1 aliphatic rings. The van der Waals surface area contributed by atoms with Gasteiger partial charge in [-0.15, -0.1) is 6.58 Å². The highest BCUT2D eigenvalue weighted by Crippen LogP contribution is 2.34. The smallest absolute Gasteiger partial charge is 0.338 e. The number of aryl methyl sites for hydroxylation is 1. The third kappa shape index (κ3) is 4.21. The Bertz CT molecular complexity index is 1020. The lowest BCUT2D eigenvalue weighted by Gasteiger charge is -2.11. The van der Waals surface area contributed by atoms with Crippen LogP contribution < -0.4 is 0 Å². The number of thioether (sulfide) groups is 1. The van der Waals surface area contributed by atoms with E-state index in [4.69, 9.17) is 17.0 Å². The Morgan fingerprint density at radius 3 is 2.59 bits per heavy atom. The fourth-order valence-electron chi connectivity index (χ4n) is 3.22. The number of benzene rings is 1. The largest absolute Gasteiger partial charge is 0.462 e. The summed E-state index contributed by atoms with van der Waals surface area (Å²) in [6.07, 6.45) is 3.55. The summed E-state index contributed by atoms with van der Waals surface area (Å²) in [6.45, 7) is 10.2. The normalized spacial score (nSPS) is 15.3. The number of carbonyl (C=O) groups is 2. The van der Waals surface area contributed by atoms with E-state index in [1.807, 2.05) is 38.1 Å². The summed E-state index contributed by atoms with van der Waals surface area (Å²) in [5, 5.41) is 0. The second-order valence-electron chi connectivity index (χ2n) is 6.51.